The number of phenolic OH excluding ortho intramolecular Hbond substituents is 1. The van der Waals surface area contributed by atoms with E-state index >= 15 is 0 Å². The van der Waals surface area contributed by atoms with Gasteiger partial charge in [0.1, 0.15) is 18.1 Å². The maximum absolute atomic E-state index is 10.8. The van der Waals surface area contributed by atoms with E-state index in [-0.39, 0.29) is 23.1 Å². The Hall–Kier alpha value is -2.27. The molecule has 0 unspecified atom stereocenters. The van der Waals surface area contributed by atoms with E-state index in [9.17, 15) is 15.2 Å². The third kappa shape index (κ3) is 3.14. The first-order valence-electron chi connectivity index (χ1n) is 5.41. The van der Waals surface area contributed by atoms with Gasteiger partial charge in [0.25, 0.3) is 5.69 Å². The maximum atomic E-state index is 10.8. The molecule has 0 radical (unpaired) electrons. The Kier molecular flexibility index (Phi) is 3.87. The van der Waals surface area contributed by atoms with Gasteiger partial charge in [-0.2, -0.15) is 0 Å². The molecule has 0 aromatic heterocycles. The van der Waals surface area contributed by atoms with Crippen molar-refractivity contribution in [1.82, 2.24) is 0 Å². The summed E-state index contributed by atoms with van der Waals surface area (Å²) in [6, 6.07) is 10.6. The number of phenols is 1. The highest BCUT2D eigenvalue weighted by molar-refractivity contribution is 6.32. The summed E-state index contributed by atoms with van der Waals surface area (Å²) in [6.07, 6.45) is 0. The predicted molar refractivity (Wildman–Crippen MR) is 70.5 cm³/mol. The highest BCUT2D eigenvalue weighted by Crippen LogP contribution is 2.29. The molecule has 0 saturated heterocycles. The molecule has 2 aromatic carbocycles. The van der Waals surface area contributed by atoms with E-state index in [1.807, 2.05) is 0 Å². The Bertz CT molecular complexity index is 615. The normalized spacial score (nSPS) is 10.2. The summed E-state index contributed by atoms with van der Waals surface area (Å²) in [4.78, 5) is 10.4. The summed E-state index contributed by atoms with van der Waals surface area (Å²) in [7, 11) is 0. The minimum Gasteiger partial charge on any atom is -0.508 e. The van der Waals surface area contributed by atoms with Crippen LogP contribution in [-0.4, -0.2) is 10.0 Å². The molecule has 6 heteroatoms. The number of para-hydroxylation sites is 1. The van der Waals surface area contributed by atoms with Crippen LogP contribution in [0.2, 0.25) is 5.02 Å². The fourth-order valence-corrected chi connectivity index (χ4v) is 1.80. The zero-order valence-corrected chi connectivity index (χ0v) is 10.5. The van der Waals surface area contributed by atoms with Crippen molar-refractivity contribution in [3.8, 4) is 11.5 Å². The second-order valence-corrected chi connectivity index (χ2v) is 4.20. The molecule has 0 aliphatic carbocycles. The van der Waals surface area contributed by atoms with Crippen molar-refractivity contribution in [1.29, 1.82) is 0 Å². The predicted octanol–water partition coefficient (Wildman–Crippen LogP) is 3.53. The minimum absolute atomic E-state index is 0.00241. The number of halogens is 1. The molecule has 2 aromatic rings. The molecule has 0 bridgehead atoms. The monoisotopic (exact) mass is 279 g/mol. The zero-order valence-electron chi connectivity index (χ0n) is 9.75. The number of hydrogen-bond acceptors (Lipinski definition) is 4. The summed E-state index contributed by atoms with van der Waals surface area (Å²) in [5.41, 5.74) is 0.453. The summed E-state index contributed by atoms with van der Waals surface area (Å²) in [6.45, 7) is 0.0294. The molecular formula is C13H10ClNO4. The highest BCUT2D eigenvalue weighted by Gasteiger charge is 2.13. The lowest BCUT2D eigenvalue weighted by molar-refractivity contribution is -0.385. The van der Waals surface area contributed by atoms with Gasteiger partial charge in [0.05, 0.1) is 15.5 Å². The molecule has 0 aliphatic heterocycles. The van der Waals surface area contributed by atoms with Crippen LogP contribution < -0.4 is 4.74 Å². The molecule has 19 heavy (non-hydrogen) atoms. The Labute approximate surface area is 114 Å². The van der Waals surface area contributed by atoms with Crippen molar-refractivity contribution >= 4 is 17.3 Å². The summed E-state index contributed by atoms with van der Waals surface area (Å²) < 4.78 is 5.42. The molecule has 0 atom stereocenters. The second kappa shape index (κ2) is 5.58. The van der Waals surface area contributed by atoms with Gasteiger partial charge in [0.2, 0.25) is 0 Å². The Balaban J connectivity index is 2.17. The van der Waals surface area contributed by atoms with Gasteiger partial charge in [-0.05, 0) is 18.2 Å². The highest BCUT2D eigenvalue weighted by atomic mass is 35.5. The zero-order chi connectivity index (χ0) is 13.8. The van der Waals surface area contributed by atoms with Gasteiger partial charge in [-0.25, -0.2) is 0 Å². The average molecular weight is 280 g/mol. The molecule has 98 valence electrons. The standard InChI is InChI=1S/C13H10ClNO4/c14-11-7-10(16)5-6-13(11)19-8-9-3-1-2-4-12(9)15(17)18/h1-7,16H,8H2. The summed E-state index contributed by atoms with van der Waals surface area (Å²) >= 11 is 5.88. The number of ether oxygens (including phenoxy) is 1. The van der Waals surface area contributed by atoms with Crippen LogP contribution in [0.5, 0.6) is 11.5 Å². The van der Waals surface area contributed by atoms with Crippen LogP contribution in [0.1, 0.15) is 5.56 Å². The minimum atomic E-state index is -0.461. The fraction of sp³-hybridized carbons (Fsp3) is 0.0769. The van der Waals surface area contributed by atoms with Crippen LogP contribution >= 0.6 is 11.6 Å². The maximum Gasteiger partial charge on any atom is 0.276 e. The van der Waals surface area contributed by atoms with Crippen molar-refractivity contribution in [2.24, 2.45) is 0 Å². The third-order valence-corrected chi connectivity index (χ3v) is 2.78. The van der Waals surface area contributed by atoms with Gasteiger partial charge in [-0.3, -0.25) is 10.1 Å². The van der Waals surface area contributed by atoms with Gasteiger partial charge < -0.3 is 9.84 Å². The Morgan fingerprint density at radius 3 is 2.68 bits per heavy atom. The number of hydrogen-bond donors (Lipinski definition) is 1. The Morgan fingerprint density at radius 2 is 2.00 bits per heavy atom. The molecule has 0 saturated carbocycles. The lowest BCUT2D eigenvalue weighted by Crippen LogP contribution is -2.00. The second-order valence-electron chi connectivity index (χ2n) is 3.79. The van der Waals surface area contributed by atoms with E-state index in [1.54, 1.807) is 18.2 Å². The lowest BCUT2D eigenvalue weighted by atomic mass is 10.2. The van der Waals surface area contributed by atoms with Crippen molar-refractivity contribution in [2.75, 3.05) is 0 Å². The van der Waals surface area contributed by atoms with Crippen molar-refractivity contribution in [3.63, 3.8) is 0 Å². The molecular weight excluding hydrogens is 270 g/mol. The summed E-state index contributed by atoms with van der Waals surface area (Å²) in [5.74, 6) is 0.389. The molecule has 1 N–H and O–H groups in total. The molecule has 5 nitrogen and oxygen atoms in total. The molecule has 0 fully saturated rings. The Morgan fingerprint density at radius 1 is 1.26 bits per heavy atom. The molecule has 2 rings (SSSR count). The van der Waals surface area contributed by atoms with Crippen molar-refractivity contribution in [2.45, 2.75) is 6.61 Å². The largest absolute Gasteiger partial charge is 0.508 e. The number of nitrogens with zero attached hydrogens (tertiary/aromatic N) is 1. The number of nitro benzene ring substituents is 1. The first-order chi connectivity index (χ1) is 9.08. The number of aromatic hydroxyl groups is 1. The third-order valence-electron chi connectivity index (χ3n) is 2.49. The van der Waals surface area contributed by atoms with Crippen LogP contribution in [0.15, 0.2) is 42.5 Å². The van der Waals surface area contributed by atoms with Gasteiger partial charge in [-0.1, -0.05) is 23.7 Å². The quantitative estimate of drug-likeness (QED) is 0.686. The van der Waals surface area contributed by atoms with Crippen molar-refractivity contribution in [3.05, 3.63) is 63.2 Å². The van der Waals surface area contributed by atoms with E-state index in [2.05, 4.69) is 0 Å². The molecule has 0 spiro atoms. The van der Waals surface area contributed by atoms with E-state index < -0.39 is 4.92 Å². The number of rotatable bonds is 4. The molecule has 0 aliphatic rings. The molecule has 0 amide bonds. The number of benzene rings is 2. The number of nitro groups is 1. The fourth-order valence-electron chi connectivity index (χ4n) is 1.57. The van der Waals surface area contributed by atoms with Gasteiger partial charge in [0.15, 0.2) is 0 Å². The first-order valence-corrected chi connectivity index (χ1v) is 5.79. The van der Waals surface area contributed by atoms with Crippen LogP contribution in [0.3, 0.4) is 0 Å². The summed E-state index contributed by atoms with van der Waals surface area (Å²) in [5, 5.41) is 20.3. The molecule has 0 heterocycles. The van der Waals surface area contributed by atoms with Crippen LogP contribution in [0, 0.1) is 10.1 Å². The first kappa shape index (κ1) is 13.2. The van der Waals surface area contributed by atoms with Crippen LogP contribution in [0.4, 0.5) is 5.69 Å². The van der Waals surface area contributed by atoms with Crippen LogP contribution in [0.25, 0.3) is 0 Å². The average Bonchev–Trinajstić information content (AvgIpc) is 2.38. The topological polar surface area (TPSA) is 72.6 Å². The van der Waals surface area contributed by atoms with E-state index in [0.29, 0.717) is 11.3 Å². The SMILES string of the molecule is O=[N+]([O-])c1ccccc1COc1ccc(O)cc1Cl. The van der Waals surface area contributed by atoms with E-state index in [0.717, 1.165) is 0 Å². The van der Waals surface area contributed by atoms with Gasteiger partial charge in [0, 0.05) is 12.1 Å². The smallest absolute Gasteiger partial charge is 0.276 e. The van der Waals surface area contributed by atoms with Crippen LogP contribution in [-0.2, 0) is 6.61 Å². The lowest BCUT2D eigenvalue weighted by Gasteiger charge is -2.08. The van der Waals surface area contributed by atoms with E-state index in [1.165, 1.54) is 24.3 Å². The van der Waals surface area contributed by atoms with Gasteiger partial charge >= 0.3 is 0 Å². The van der Waals surface area contributed by atoms with Gasteiger partial charge in [-0.15, -0.1) is 0 Å². The van der Waals surface area contributed by atoms with E-state index in [4.69, 9.17) is 16.3 Å². The van der Waals surface area contributed by atoms with Crippen molar-refractivity contribution < 1.29 is 14.8 Å².